The van der Waals surface area contributed by atoms with Crippen LogP contribution in [0.1, 0.15) is 23.7 Å². The van der Waals surface area contributed by atoms with Crippen LogP contribution in [-0.4, -0.2) is 60.7 Å². The number of fused-ring (bicyclic) bond motifs is 1. The highest BCUT2D eigenvalue weighted by Gasteiger charge is 2.25. The number of aromatic nitrogens is 2. The fourth-order valence-electron chi connectivity index (χ4n) is 3.36. The minimum atomic E-state index is -0.0124. The lowest BCUT2D eigenvalue weighted by Crippen LogP contribution is -2.48. The SMILES string of the molecule is CCCOc1c(Br)cc(C(=O)N2CCN(c3nc4cccnc4s3)CC2)cc1OC. The highest BCUT2D eigenvalue weighted by molar-refractivity contribution is 9.10. The number of amides is 1. The molecule has 1 aliphatic rings. The summed E-state index contributed by atoms with van der Waals surface area (Å²) in [5, 5.41) is 0.956. The van der Waals surface area contributed by atoms with E-state index in [0.29, 0.717) is 36.8 Å². The molecule has 4 rings (SSSR count). The second-order valence-electron chi connectivity index (χ2n) is 6.94. The Kier molecular flexibility index (Phi) is 6.38. The largest absolute Gasteiger partial charge is 0.493 e. The summed E-state index contributed by atoms with van der Waals surface area (Å²) >= 11 is 5.11. The molecule has 0 spiro atoms. The van der Waals surface area contributed by atoms with Crippen LogP contribution in [-0.2, 0) is 0 Å². The van der Waals surface area contributed by atoms with Crippen molar-refractivity contribution in [2.45, 2.75) is 13.3 Å². The Morgan fingerprint density at radius 1 is 1.27 bits per heavy atom. The second-order valence-corrected chi connectivity index (χ2v) is 8.75. The first kappa shape index (κ1) is 20.9. The zero-order chi connectivity index (χ0) is 21.1. The number of rotatable bonds is 6. The number of hydrogen-bond donors (Lipinski definition) is 0. The van der Waals surface area contributed by atoms with Crippen molar-refractivity contribution in [2.75, 3.05) is 44.8 Å². The molecule has 1 saturated heterocycles. The predicted octanol–water partition coefficient (Wildman–Crippen LogP) is 4.21. The summed E-state index contributed by atoms with van der Waals surface area (Å²) in [5.74, 6) is 1.17. The highest BCUT2D eigenvalue weighted by Crippen LogP contribution is 2.37. The van der Waals surface area contributed by atoms with E-state index >= 15 is 0 Å². The third kappa shape index (κ3) is 4.22. The summed E-state index contributed by atoms with van der Waals surface area (Å²) in [5.41, 5.74) is 1.50. The Morgan fingerprint density at radius 2 is 2.07 bits per heavy atom. The molecule has 1 amide bonds. The summed E-state index contributed by atoms with van der Waals surface area (Å²) in [6, 6.07) is 7.43. The summed E-state index contributed by atoms with van der Waals surface area (Å²) < 4.78 is 11.9. The molecule has 3 heterocycles. The molecule has 9 heteroatoms. The van der Waals surface area contributed by atoms with Crippen molar-refractivity contribution in [2.24, 2.45) is 0 Å². The molecule has 0 radical (unpaired) electrons. The lowest BCUT2D eigenvalue weighted by Gasteiger charge is -2.34. The van der Waals surface area contributed by atoms with Crippen LogP contribution >= 0.6 is 27.3 Å². The minimum absolute atomic E-state index is 0.0124. The number of thiazole rings is 1. The number of benzene rings is 1. The quantitative estimate of drug-likeness (QED) is 0.515. The number of anilines is 1. The van der Waals surface area contributed by atoms with Crippen molar-refractivity contribution in [3.05, 3.63) is 40.5 Å². The Morgan fingerprint density at radius 3 is 2.77 bits per heavy atom. The maximum absolute atomic E-state index is 13.1. The van der Waals surface area contributed by atoms with Crippen molar-refractivity contribution in [3.8, 4) is 11.5 Å². The van der Waals surface area contributed by atoms with E-state index in [1.165, 1.54) is 0 Å². The van der Waals surface area contributed by atoms with Gasteiger partial charge in [-0.2, -0.15) is 0 Å². The lowest BCUT2D eigenvalue weighted by atomic mass is 10.1. The van der Waals surface area contributed by atoms with Gasteiger partial charge >= 0.3 is 0 Å². The molecule has 1 fully saturated rings. The predicted molar refractivity (Wildman–Crippen MR) is 122 cm³/mol. The summed E-state index contributed by atoms with van der Waals surface area (Å²) in [6.45, 7) is 5.38. The smallest absolute Gasteiger partial charge is 0.254 e. The highest BCUT2D eigenvalue weighted by atomic mass is 79.9. The molecule has 0 atom stereocenters. The van der Waals surface area contributed by atoms with E-state index in [9.17, 15) is 4.79 Å². The normalized spacial score (nSPS) is 14.2. The van der Waals surface area contributed by atoms with E-state index in [1.54, 1.807) is 36.8 Å². The van der Waals surface area contributed by atoms with Gasteiger partial charge in [0.25, 0.3) is 5.91 Å². The number of nitrogens with zero attached hydrogens (tertiary/aromatic N) is 4. The number of pyridine rings is 1. The van der Waals surface area contributed by atoms with Crippen molar-refractivity contribution in [1.82, 2.24) is 14.9 Å². The molecule has 2 aromatic heterocycles. The van der Waals surface area contributed by atoms with Crippen LogP contribution < -0.4 is 14.4 Å². The van der Waals surface area contributed by atoms with Gasteiger partial charge in [0.2, 0.25) is 0 Å². The number of carbonyl (C=O) groups excluding carboxylic acids is 1. The molecule has 7 nitrogen and oxygen atoms in total. The Labute approximate surface area is 187 Å². The zero-order valence-electron chi connectivity index (χ0n) is 16.9. The van der Waals surface area contributed by atoms with Crippen LogP contribution in [0.3, 0.4) is 0 Å². The van der Waals surface area contributed by atoms with Gasteiger partial charge in [0.1, 0.15) is 10.3 Å². The van der Waals surface area contributed by atoms with E-state index in [0.717, 1.165) is 39.5 Å². The van der Waals surface area contributed by atoms with Gasteiger partial charge in [-0.3, -0.25) is 4.79 Å². The average Bonchev–Trinajstić information content (AvgIpc) is 3.21. The van der Waals surface area contributed by atoms with Gasteiger partial charge in [0.05, 0.1) is 18.2 Å². The van der Waals surface area contributed by atoms with Crippen LogP contribution in [0.4, 0.5) is 5.13 Å². The maximum Gasteiger partial charge on any atom is 0.254 e. The van der Waals surface area contributed by atoms with Gasteiger partial charge in [0.15, 0.2) is 16.6 Å². The fraction of sp³-hybridized carbons (Fsp3) is 0.381. The van der Waals surface area contributed by atoms with E-state index in [1.807, 2.05) is 24.0 Å². The van der Waals surface area contributed by atoms with Crippen molar-refractivity contribution < 1.29 is 14.3 Å². The molecule has 1 aromatic carbocycles. The number of ether oxygens (including phenoxy) is 2. The first-order valence-corrected chi connectivity index (χ1v) is 11.5. The molecular formula is C21H23BrN4O3S. The van der Waals surface area contributed by atoms with Gasteiger partial charge in [-0.1, -0.05) is 18.3 Å². The van der Waals surface area contributed by atoms with Crippen LogP contribution in [0.15, 0.2) is 34.9 Å². The number of piperazine rings is 1. The van der Waals surface area contributed by atoms with Gasteiger partial charge in [-0.15, -0.1) is 0 Å². The van der Waals surface area contributed by atoms with Crippen molar-refractivity contribution in [3.63, 3.8) is 0 Å². The van der Waals surface area contributed by atoms with E-state index < -0.39 is 0 Å². The van der Waals surface area contributed by atoms with Gasteiger partial charge < -0.3 is 19.3 Å². The molecule has 30 heavy (non-hydrogen) atoms. The van der Waals surface area contributed by atoms with E-state index in [-0.39, 0.29) is 5.91 Å². The third-order valence-corrected chi connectivity index (χ3v) is 6.55. The molecule has 0 unspecified atom stereocenters. The fourth-order valence-corrected chi connectivity index (χ4v) is 4.88. The van der Waals surface area contributed by atoms with E-state index in [4.69, 9.17) is 9.47 Å². The molecule has 0 saturated carbocycles. The van der Waals surface area contributed by atoms with Crippen molar-refractivity contribution >= 4 is 48.7 Å². The molecule has 0 aliphatic carbocycles. The molecule has 0 N–H and O–H groups in total. The summed E-state index contributed by atoms with van der Waals surface area (Å²) in [4.78, 5) is 27.2. The van der Waals surface area contributed by atoms with Crippen molar-refractivity contribution in [1.29, 1.82) is 0 Å². The third-order valence-electron chi connectivity index (χ3n) is 4.92. The van der Waals surface area contributed by atoms with E-state index in [2.05, 4.69) is 30.8 Å². The molecular weight excluding hydrogens is 468 g/mol. The molecule has 3 aromatic rings. The number of hydrogen-bond acceptors (Lipinski definition) is 7. The summed E-state index contributed by atoms with van der Waals surface area (Å²) in [7, 11) is 1.58. The van der Waals surface area contributed by atoms with Crippen LogP contribution in [0.2, 0.25) is 0 Å². The summed E-state index contributed by atoms with van der Waals surface area (Å²) in [6.07, 6.45) is 2.68. The lowest BCUT2D eigenvalue weighted by molar-refractivity contribution is 0.0746. The Balaban J connectivity index is 1.45. The standard InChI is InChI=1S/C21H23BrN4O3S/c1-3-11-29-18-15(22)12-14(13-17(18)28-2)20(27)25-7-9-26(10-8-25)21-24-16-5-4-6-23-19(16)30-21/h4-6,12-13H,3,7-11H2,1-2H3. The van der Waals surface area contributed by atoms with Crippen LogP contribution in [0.25, 0.3) is 10.3 Å². The number of methoxy groups -OCH3 is 1. The molecule has 158 valence electrons. The topological polar surface area (TPSA) is 67.8 Å². The van der Waals surface area contributed by atoms with Gasteiger partial charge in [-0.05, 0) is 46.6 Å². The second kappa shape index (κ2) is 9.18. The zero-order valence-corrected chi connectivity index (χ0v) is 19.3. The Hall–Kier alpha value is -2.39. The number of halogens is 1. The Bertz CT molecular complexity index is 1020. The minimum Gasteiger partial charge on any atom is -0.493 e. The monoisotopic (exact) mass is 490 g/mol. The molecule has 1 aliphatic heterocycles. The maximum atomic E-state index is 13.1. The van der Waals surface area contributed by atoms with Crippen LogP contribution in [0, 0.1) is 0 Å². The van der Waals surface area contributed by atoms with Gasteiger partial charge in [0, 0.05) is 37.9 Å². The molecule has 0 bridgehead atoms. The van der Waals surface area contributed by atoms with Gasteiger partial charge in [-0.25, -0.2) is 9.97 Å². The first-order chi connectivity index (χ1) is 14.6. The first-order valence-electron chi connectivity index (χ1n) is 9.86. The number of carbonyl (C=O) groups is 1. The average molecular weight is 491 g/mol. The van der Waals surface area contributed by atoms with Crippen LogP contribution in [0.5, 0.6) is 11.5 Å².